The Kier molecular flexibility index (Phi) is 8.88. The summed E-state index contributed by atoms with van der Waals surface area (Å²) < 4.78 is 13.0. The second kappa shape index (κ2) is 10.1. The summed E-state index contributed by atoms with van der Waals surface area (Å²) in [5, 5.41) is 3.45. The average molecular weight is 313 g/mol. The van der Waals surface area contributed by atoms with Gasteiger partial charge in [-0.3, -0.25) is 4.98 Å². The summed E-state index contributed by atoms with van der Waals surface area (Å²) in [4.78, 5) is 6.64. The summed E-state index contributed by atoms with van der Waals surface area (Å²) in [6.07, 6.45) is 5.60. The van der Waals surface area contributed by atoms with Gasteiger partial charge in [-0.2, -0.15) is 11.8 Å². The number of nitrogens with zero attached hydrogens (tertiary/aromatic N) is 2. The van der Waals surface area contributed by atoms with Crippen molar-refractivity contribution in [3.63, 3.8) is 0 Å². The van der Waals surface area contributed by atoms with E-state index < -0.39 is 0 Å². The number of aromatic nitrogens is 1. The molecule has 2 atom stereocenters. The molecular formula is C16H28FN3S. The van der Waals surface area contributed by atoms with Crippen molar-refractivity contribution in [1.29, 1.82) is 0 Å². The molecule has 0 aliphatic carbocycles. The molecule has 0 saturated carbocycles. The number of pyridine rings is 1. The first kappa shape index (κ1) is 18.4. The average Bonchev–Trinajstić information content (AvgIpc) is 2.49. The van der Waals surface area contributed by atoms with Crippen LogP contribution in [0.3, 0.4) is 0 Å². The minimum Gasteiger partial charge on any atom is -0.309 e. The number of hydrogen-bond donors (Lipinski definition) is 1. The molecule has 0 spiro atoms. The van der Waals surface area contributed by atoms with E-state index >= 15 is 0 Å². The Morgan fingerprint density at radius 3 is 2.67 bits per heavy atom. The molecule has 120 valence electrons. The molecule has 5 heteroatoms. The van der Waals surface area contributed by atoms with Crippen LogP contribution in [0.25, 0.3) is 0 Å². The lowest BCUT2D eigenvalue weighted by atomic mass is 10.1. The van der Waals surface area contributed by atoms with E-state index in [1.807, 2.05) is 11.8 Å². The van der Waals surface area contributed by atoms with Gasteiger partial charge in [0.25, 0.3) is 0 Å². The number of thioether (sulfide) groups is 1. The Bertz CT molecular complexity index is 386. The Balaban J connectivity index is 2.60. The second-order valence-corrected chi connectivity index (χ2v) is 6.21. The highest BCUT2D eigenvalue weighted by Crippen LogP contribution is 2.17. The number of nitrogens with one attached hydrogen (secondary N) is 1. The molecule has 1 aromatic heterocycles. The third-order valence-corrected chi connectivity index (χ3v) is 4.50. The number of hydrogen-bond acceptors (Lipinski definition) is 4. The third-order valence-electron chi connectivity index (χ3n) is 3.78. The van der Waals surface area contributed by atoms with Crippen LogP contribution in [-0.4, -0.2) is 48.1 Å². The summed E-state index contributed by atoms with van der Waals surface area (Å²) in [5.74, 6) is 0.880. The smallest absolute Gasteiger partial charge is 0.141 e. The minimum atomic E-state index is -0.280. The van der Waals surface area contributed by atoms with Crippen LogP contribution < -0.4 is 5.32 Å². The van der Waals surface area contributed by atoms with Crippen LogP contribution in [0, 0.1) is 5.82 Å². The molecule has 1 aromatic rings. The van der Waals surface area contributed by atoms with E-state index in [0.717, 1.165) is 37.4 Å². The van der Waals surface area contributed by atoms with E-state index in [9.17, 15) is 4.39 Å². The van der Waals surface area contributed by atoms with Gasteiger partial charge in [-0.05, 0) is 44.8 Å². The Labute approximate surface area is 132 Å². The van der Waals surface area contributed by atoms with Crippen molar-refractivity contribution in [2.45, 2.75) is 38.8 Å². The van der Waals surface area contributed by atoms with E-state index in [1.54, 1.807) is 6.07 Å². The SMILES string of the molecule is CCNC(CCN(C)C(CC)CSC)c1ccc(F)cn1. The maximum absolute atomic E-state index is 13.0. The molecule has 0 aromatic carbocycles. The van der Waals surface area contributed by atoms with Crippen LogP contribution in [0.1, 0.15) is 38.4 Å². The zero-order chi connectivity index (χ0) is 15.7. The summed E-state index contributed by atoms with van der Waals surface area (Å²) in [6.45, 7) is 6.22. The molecule has 0 aliphatic heterocycles. The van der Waals surface area contributed by atoms with Gasteiger partial charge in [0.1, 0.15) is 5.82 Å². The molecule has 21 heavy (non-hydrogen) atoms. The van der Waals surface area contributed by atoms with Gasteiger partial charge in [-0.15, -0.1) is 0 Å². The zero-order valence-corrected chi connectivity index (χ0v) is 14.4. The van der Waals surface area contributed by atoms with E-state index in [2.05, 4.69) is 42.4 Å². The molecule has 0 radical (unpaired) electrons. The lowest BCUT2D eigenvalue weighted by Crippen LogP contribution is -2.36. The summed E-state index contributed by atoms with van der Waals surface area (Å²) in [7, 11) is 2.19. The zero-order valence-electron chi connectivity index (χ0n) is 13.6. The predicted molar refractivity (Wildman–Crippen MR) is 90.3 cm³/mol. The van der Waals surface area contributed by atoms with E-state index in [4.69, 9.17) is 0 Å². The highest BCUT2D eigenvalue weighted by molar-refractivity contribution is 7.98. The summed E-state index contributed by atoms with van der Waals surface area (Å²) in [6, 6.07) is 4.06. The quantitative estimate of drug-likeness (QED) is 0.717. The number of halogens is 1. The summed E-state index contributed by atoms with van der Waals surface area (Å²) in [5.41, 5.74) is 0.921. The molecular weight excluding hydrogens is 285 g/mol. The predicted octanol–water partition coefficient (Wildman–Crippen LogP) is 3.33. The Hall–Kier alpha value is -0.650. The first-order valence-electron chi connectivity index (χ1n) is 7.66. The van der Waals surface area contributed by atoms with Gasteiger partial charge in [-0.1, -0.05) is 13.8 Å². The van der Waals surface area contributed by atoms with Crippen molar-refractivity contribution in [3.05, 3.63) is 29.8 Å². The molecule has 0 bridgehead atoms. The molecule has 0 fully saturated rings. The Morgan fingerprint density at radius 2 is 2.14 bits per heavy atom. The lowest BCUT2D eigenvalue weighted by molar-refractivity contribution is 0.240. The fourth-order valence-corrected chi connectivity index (χ4v) is 3.33. The largest absolute Gasteiger partial charge is 0.309 e. The topological polar surface area (TPSA) is 28.2 Å². The molecule has 0 aliphatic rings. The molecule has 0 saturated heterocycles. The van der Waals surface area contributed by atoms with Crippen LogP contribution in [0.2, 0.25) is 0 Å². The lowest BCUT2D eigenvalue weighted by Gasteiger charge is -2.28. The van der Waals surface area contributed by atoms with Crippen molar-refractivity contribution in [3.8, 4) is 0 Å². The standard InChI is InChI=1S/C16H28FN3S/c1-5-14(12-21-4)20(3)10-9-16(18-6-2)15-8-7-13(17)11-19-15/h7-8,11,14,16,18H,5-6,9-10,12H2,1-4H3. The molecule has 1 rings (SSSR count). The maximum atomic E-state index is 13.0. The molecule has 0 amide bonds. The monoisotopic (exact) mass is 313 g/mol. The van der Waals surface area contributed by atoms with Crippen molar-refractivity contribution < 1.29 is 4.39 Å². The van der Waals surface area contributed by atoms with Gasteiger partial charge in [0.15, 0.2) is 0 Å². The maximum Gasteiger partial charge on any atom is 0.141 e. The van der Waals surface area contributed by atoms with Gasteiger partial charge >= 0.3 is 0 Å². The molecule has 1 heterocycles. The fraction of sp³-hybridized carbons (Fsp3) is 0.688. The van der Waals surface area contributed by atoms with Gasteiger partial charge < -0.3 is 10.2 Å². The van der Waals surface area contributed by atoms with Gasteiger partial charge in [0, 0.05) is 18.3 Å². The first-order chi connectivity index (χ1) is 10.1. The van der Waals surface area contributed by atoms with E-state index in [1.165, 1.54) is 12.3 Å². The van der Waals surface area contributed by atoms with Crippen LogP contribution in [0.5, 0.6) is 0 Å². The van der Waals surface area contributed by atoms with Gasteiger partial charge in [0.2, 0.25) is 0 Å². The van der Waals surface area contributed by atoms with Crippen LogP contribution in [0.15, 0.2) is 18.3 Å². The van der Waals surface area contributed by atoms with E-state index in [-0.39, 0.29) is 11.9 Å². The highest BCUT2D eigenvalue weighted by Gasteiger charge is 2.16. The molecule has 1 N–H and O–H groups in total. The van der Waals surface area contributed by atoms with Crippen molar-refractivity contribution in [1.82, 2.24) is 15.2 Å². The van der Waals surface area contributed by atoms with E-state index in [0.29, 0.717) is 6.04 Å². The van der Waals surface area contributed by atoms with Crippen LogP contribution in [0.4, 0.5) is 4.39 Å². The molecule has 3 nitrogen and oxygen atoms in total. The van der Waals surface area contributed by atoms with Crippen LogP contribution in [-0.2, 0) is 0 Å². The summed E-state index contributed by atoms with van der Waals surface area (Å²) >= 11 is 1.89. The van der Waals surface area contributed by atoms with Crippen molar-refractivity contribution in [2.24, 2.45) is 0 Å². The number of rotatable bonds is 10. The van der Waals surface area contributed by atoms with Gasteiger partial charge in [0.05, 0.1) is 17.9 Å². The minimum absolute atomic E-state index is 0.185. The normalized spacial score (nSPS) is 14.4. The van der Waals surface area contributed by atoms with Crippen molar-refractivity contribution >= 4 is 11.8 Å². The highest BCUT2D eigenvalue weighted by atomic mass is 32.2. The van der Waals surface area contributed by atoms with Crippen LogP contribution >= 0.6 is 11.8 Å². The first-order valence-corrected chi connectivity index (χ1v) is 9.05. The molecule has 2 unspecified atom stereocenters. The fourth-order valence-electron chi connectivity index (χ4n) is 2.46. The third kappa shape index (κ3) is 6.32. The second-order valence-electron chi connectivity index (χ2n) is 5.30. The van der Waals surface area contributed by atoms with Crippen molar-refractivity contribution in [2.75, 3.05) is 32.1 Å². The van der Waals surface area contributed by atoms with Gasteiger partial charge in [-0.25, -0.2) is 4.39 Å². The Morgan fingerprint density at radius 1 is 1.38 bits per heavy atom.